The minimum atomic E-state index is -0.304. The number of Topliss-reactive ketones (excluding diaryl/α,β-unsaturated/α-hetero) is 3. The van der Waals surface area contributed by atoms with Crippen molar-refractivity contribution in [3.8, 4) is 11.8 Å². The van der Waals surface area contributed by atoms with E-state index < -0.39 is 0 Å². The predicted octanol–water partition coefficient (Wildman–Crippen LogP) is 8.01. The van der Waals surface area contributed by atoms with Gasteiger partial charge in [0, 0.05) is 130 Å². The molecule has 3 unspecified atom stereocenters. The first-order valence-corrected chi connectivity index (χ1v) is 24.3. The minimum Gasteiger partial charge on any atom is -0.510 e. The van der Waals surface area contributed by atoms with Gasteiger partial charge in [-0.3, -0.25) is 24.1 Å². The SMILES string of the molecule is C=C=C1C#CC(=O)CCC1CCC(C)C(=O)c1cc(N2CC(N3CCN(C(=C=C)Cc4ccc(Nc5ncc6c(n5)CN(C5=C(C)C(NC(C)=O)=C(O)CC5C)CC6)cc4)CC3)C2)ccc1C(C)=O. The number of allylic oxidation sites excluding steroid dienone is 5. The van der Waals surface area contributed by atoms with Crippen molar-refractivity contribution in [3.05, 3.63) is 135 Å². The molecule has 1 aromatic heterocycles. The third kappa shape index (κ3) is 11.0. The Labute approximate surface area is 406 Å². The Kier molecular flexibility index (Phi) is 14.9. The fourth-order valence-corrected chi connectivity index (χ4v) is 10.5. The Hall–Kier alpha value is -6.96. The van der Waals surface area contributed by atoms with Gasteiger partial charge in [-0.2, -0.15) is 0 Å². The third-order valence-electron chi connectivity index (χ3n) is 14.5. The van der Waals surface area contributed by atoms with Gasteiger partial charge in [0.25, 0.3) is 0 Å². The molecule has 8 rings (SSSR count). The van der Waals surface area contributed by atoms with Crippen LogP contribution in [0.1, 0.15) is 104 Å². The normalized spacial score (nSPS) is 20.2. The molecule has 2 saturated heterocycles. The van der Waals surface area contributed by atoms with Gasteiger partial charge < -0.3 is 30.4 Å². The molecule has 3 N–H and O–H groups in total. The van der Waals surface area contributed by atoms with E-state index in [4.69, 9.17) is 4.98 Å². The summed E-state index contributed by atoms with van der Waals surface area (Å²) in [5.74, 6) is 5.72. The van der Waals surface area contributed by atoms with Crippen molar-refractivity contribution in [2.24, 2.45) is 17.8 Å². The van der Waals surface area contributed by atoms with E-state index in [1.165, 1.54) is 13.8 Å². The number of aromatic nitrogens is 2. The van der Waals surface area contributed by atoms with Crippen molar-refractivity contribution in [2.75, 3.05) is 56.0 Å². The van der Waals surface area contributed by atoms with Crippen LogP contribution in [-0.4, -0.2) is 105 Å². The van der Waals surface area contributed by atoms with Crippen molar-refractivity contribution in [2.45, 2.75) is 92.2 Å². The zero-order valence-electron chi connectivity index (χ0n) is 40.7. The highest BCUT2D eigenvalue weighted by molar-refractivity contribution is 6.09. The molecular weight excluding hydrogens is 865 g/mol. The maximum absolute atomic E-state index is 13.9. The second kappa shape index (κ2) is 21.1. The standard InChI is InChI=1S/C56H64N8O5/c1-8-41-14-19-48(67)20-15-42(41)13-10-35(3)55(69)50-30-46(18-21-49(50)38(6)65)64-32-47(33-64)62-26-24-61(25-27-62)45(9-2)29-40-11-16-44(17-12-40)59-56-57-31-43-22-23-63(34-51(43)60-56)54-36(4)28-52(68)53(37(54)5)58-39(7)66/h11-12,16-18,21,30-31,35-36,42,47,68H,1-2,10,13,15,20,22-29,32-34H2,3-7H3,(H,58,66)(H,57,59,60). The van der Waals surface area contributed by atoms with Crippen molar-refractivity contribution in [1.29, 1.82) is 0 Å². The second-order valence-electron chi connectivity index (χ2n) is 19.3. The number of aliphatic hydroxyl groups excluding tert-OH is 1. The Morgan fingerprint density at radius 2 is 1.72 bits per heavy atom. The van der Waals surface area contributed by atoms with E-state index in [0.717, 1.165) is 109 Å². The summed E-state index contributed by atoms with van der Waals surface area (Å²) < 4.78 is 0. The van der Waals surface area contributed by atoms with Gasteiger partial charge in [0.05, 0.1) is 23.6 Å². The number of benzene rings is 2. The summed E-state index contributed by atoms with van der Waals surface area (Å²) in [6.07, 6.45) is 6.26. The van der Waals surface area contributed by atoms with Crippen LogP contribution >= 0.6 is 0 Å². The van der Waals surface area contributed by atoms with Crippen LogP contribution in [0.2, 0.25) is 0 Å². The molecule has 13 heteroatoms. The molecule has 13 nitrogen and oxygen atoms in total. The molecule has 2 aromatic carbocycles. The molecule has 358 valence electrons. The lowest BCUT2D eigenvalue weighted by molar-refractivity contribution is -0.118. The summed E-state index contributed by atoms with van der Waals surface area (Å²) in [4.78, 5) is 69.6. The molecule has 4 heterocycles. The van der Waals surface area contributed by atoms with Crippen LogP contribution in [0.5, 0.6) is 0 Å². The number of aliphatic hydroxyl groups is 1. The Balaban J connectivity index is 0.815. The molecular formula is C56H64N8O5. The maximum atomic E-state index is 13.9. The molecule has 1 amide bonds. The fourth-order valence-electron chi connectivity index (χ4n) is 10.5. The van der Waals surface area contributed by atoms with Gasteiger partial charge in [0.15, 0.2) is 11.6 Å². The van der Waals surface area contributed by atoms with Crippen molar-refractivity contribution in [1.82, 2.24) is 30.0 Å². The zero-order valence-corrected chi connectivity index (χ0v) is 40.7. The van der Waals surface area contributed by atoms with Gasteiger partial charge in [0.2, 0.25) is 17.6 Å². The van der Waals surface area contributed by atoms with Gasteiger partial charge in [0.1, 0.15) is 5.76 Å². The lowest BCUT2D eigenvalue weighted by Crippen LogP contribution is -2.63. The number of hydrogen-bond acceptors (Lipinski definition) is 12. The van der Waals surface area contributed by atoms with Crippen LogP contribution in [0, 0.1) is 29.6 Å². The Morgan fingerprint density at radius 3 is 2.42 bits per heavy atom. The number of carbonyl (C=O) groups is 4. The van der Waals surface area contributed by atoms with Gasteiger partial charge in [-0.1, -0.05) is 45.1 Å². The number of rotatable bonds is 15. The van der Waals surface area contributed by atoms with Gasteiger partial charge in [-0.15, -0.1) is 11.5 Å². The number of amides is 1. The van der Waals surface area contributed by atoms with E-state index in [2.05, 4.69) is 103 Å². The monoisotopic (exact) mass is 928 g/mol. The molecule has 0 radical (unpaired) electrons. The lowest BCUT2D eigenvalue weighted by atomic mass is 9.85. The highest BCUT2D eigenvalue weighted by Crippen LogP contribution is 2.37. The summed E-state index contributed by atoms with van der Waals surface area (Å²) in [6, 6.07) is 14.4. The molecule has 3 aromatic rings. The van der Waals surface area contributed by atoms with Gasteiger partial charge >= 0.3 is 0 Å². The van der Waals surface area contributed by atoms with E-state index in [9.17, 15) is 24.3 Å². The first-order chi connectivity index (χ1) is 33.2. The predicted molar refractivity (Wildman–Crippen MR) is 269 cm³/mol. The molecule has 0 bridgehead atoms. The summed E-state index contributed by atoms with van der Waals surface area (Å²) in [7, 11) is 0. The van der Waals surface area contributed by atoms with Crippen LogP contribution in [0.15, 0.2) is 107 Å². The van der Waals surface area contributed by atoms with Gasteiger partial charge in [-0.05, 0) is 98.4 Å². The first-order valence-electron chi connectivity index (χ1n) is 24.3. The highest BCUT2D eigenvalue weighted by Gasteiger charge is 2.35. The summed E-state index contributed by atoms with van der Waals surface area (Å²) in [5, 5.41) is 16.9. The quantitative estimate of drug-likeness (QED) is 0.0587. The number of fused-ring (bicyclic) bond motifs is 1. The second-order valence-corrected chi connectivity index (χ2v) is 19.3. The van der Waals surface area contributed by atoms with E-state index in [1.807, 2.05) is 32.2 Å². The van der Waals surface area contributed by atoms with Crippen molar-refractivity contribution < 1.29 is 24.3 Å². The molecule has 3 aliphatic heterocycles. The average molecular weight is 929 g/mol. The van der Waals surface area contributed by atoms with Crippen LogP contribution in [-0.2, 0) is 29.0 Å². The molecule has 2 fully saturated rings. The number of carbonyl (C=O) groups excluding carboxylic acids is 4. The van der Waals surface area contributed by atoms with Crippen molar-refractivity contribution in [3.63, 3.8) is 0 Å². The maximum Gasteiger partial charge on any atom is 0.227 e. The molecule has 0 spiro atoms. The smallest absolute Gasteiger partial charge is 0.227 e. The van der Waals surface area contributed by atoms with Gasteiger partial charge in [-0.25, -0.2) is 9.97 Å². The largest absolute Gasteiger partial charge is 0.510 e. The minimum absolute atomic E-state index is 0.0390. The number of anilines is 3. The topological polar surface area (TPSA) is 151 Å². The zero-order chi connectivity index (χ0) is 48.9. The average Bonchev–Trinajstić information content (AvgIpc) is 3.51. The summed E-state index contributed by atoms with van der Waals surface area (Å²) in [5.41, 5.74) is 16.5. The van der Waals surface area contributed by atoms with Crippen LogP contribution in [0.4, 0.5) is 17.3 Å². The molecule has 3 atom stereocenters. The number of ketones is 3. The van der Waals surface area contributed by atoms with E-state index in [0.29, 0.717) is 67.5 Å². The third-order valence-corrected chi connectivity index (χ3v) is 14.5. The Bertz CT molecular complexity index is 2770. The number of piperazine rings is 1. The van der Waals surface area contributed by atoms with Crippen molar-refractivity contribution >= 4 is 40.6 Å². The number of nitrogens with zero attached hydrogens (tertiary/aromatic N) is 6. The van der Waals surface area contributed by atoms with Crippen LogP contribution in [0.3, 0.4) is 0 Å². The fraction of sp³-hybridized carbons (Fsp3) is 0.429. The first kappa shape index (κ1) is 48.5. The molecule has 0 saturated carbocycles. The molecule has 69 heavy (non-hydrogen) atoms. The van der Waals surface area contributed by atoms with E-state index in [1.54, 1.807) is 6.07 Å². The Morgan fingerprint density at radius 1 is 0.971 bits per heavy atom. The van der Waals surface area contributed by atoms with Crippen LogP contribution in [0.25, 0.3) is 0 Å². The lowest BCUT2D eigenvalue weighted by Gasteiger charge is -2.49. The van der Waals surface area contributed by atoms with E-state index >= 15 is 0 Å². The molecule has 2 aliphatic carbocycles. The van der Waals surface area contributed by atoms with Crippen LogP contribution < -0.4 is 15.5 Å². The number of nitrogens with one attached hydrogen (secondary N) is 2. The number of hydrogen-bond donors (Lipinski definition) is 3. The summed E-state index contributed by atoms with van der Waals surface area (Å²) >= 11 is 0. The summed E-state index contributed by atoms with van der Waals surface area (Å²) in [6.45, 7) is 23.5. The van der Waals surface area contributed by atoms with E-state index in [-0.39, 0.29) is 46.8 Å². The highest BCUT2D eigenvalue weighted by atomic mass is 16.3. The molecule has 5 aliphatic rings.